The van der Waals surface area contributed by atoms with Crippen LogP contribution in [-0.2, 0) is 10.5 Å². The van der Waals surface area contributed by atoms with E-state index in [1.54, 1.807) is 61.5 Å². The van der Waals surface area contributed by atoms with Gasteiger partial charge in [0.2, 0.25) is 5.78 Å². The lowest BCUT2D eigenvalue weighted by Crippen LogP contribution is -2.59. The Kier molecular flexibility index (Phi) is 7.78. The van der Waals surface area contributed by atoms with Crippen LogP contribution < -0.4 is 10.1 Å². The van der Waals surface area contributed by atoms with Crippen LogP contribution in [0.25, 0.3) is 11.1 Å². The van der Waals surface area contributed by atoms with E-state index >= 15 is 0 Å². The van der Waals surface area contributed by atoms with Crippen LogP contribution in [0.2, 0.25) is 10.0 Å². The molecule has 1 saturated heterocycles. The number of Topliss-reactive ketones (excluding diaryl/α,β-unsaturated/α-hetero) is 1. The number of carbonyl (C=O) groups excluding carboxylic acids is 2. The molecule has 198 valence electrons. The van der Waals surface area contributed by atoms with Crippen LogP contribution in [0.5, 0.6) is 5.75 Å². The number of nitrogens with zero attached hydrogens (tertiary/aromatic N) is 1. The highest BCUT2D eigenvalue weighted by Crippen LogP contribution is 2.38. The molecule has 8 heteroatoms. The Morgan fingerprint density at radius 2 is 1.58 bits per heavy atom. The molecule has 38 heavy (non-hydrogen) atoms. The number of carbonyl (C=O) groups is 2. The second kappa shape index (κ2) is 11.1. The summed E-state index contributed by atoms with van der Waals surface area (Å²) in [6.45, 7) is 3.03. The van der Waals surface area contributed by atoms with Crippen LogP contribution in [0, 0.1) is 0 Å². The molecule has 2 atom stereocenters. The predicted octanol–water partition coefficient (Wildman–Crippen LogP) is 5.83. The van der Waals surface area contributed by atoms with E-state index in [-0.39, 0.29) is 11.7 Å². The van der Waals surface area contributed by atoms with Crippen molar-refractivity contribution in [3.8, 4) is 16.9 Å². The summed E-state index contributed by atoms with van der Waals surface area (Å²) in [5.74, 6) is -0.876. The molecule has 0 aromatic heterocycles. The Morgan fingerprint density at radius 3 is 2.16 bits per heavy atom. The van der Waals surface area contributed by atoms with E-state index < -0.39 is 23.5 Å². The zero-order valence-electron chi connectivity index (χ0n) is 21.1. The molecule has 1 saturated carbocycles. The number of benzene rings is 3. The van der Waals surface area contributed by atoms with Crippen molar-refractivity contribution in [3.05, 3.63) is 87.9 Å². The first kappa shape index (κ1) is 26.7. The number of hydrogen-bond donors (Lipinski definition) is 2. The Bertz CT molecular complexity index is 1320. The minimum Gasteiger partial charge on any atom is -0.489 e. The number of ether oxygens (including phenoxy) is 1. The van der Waals surface area contributed by atoms with Gasteiger partial charge >= 0.3 is 0 Å². The van der Waals surface area contributed by atoms with Crippen LogP contribution in [0.1, 0.15) is 48.5 Å². The Hall–Kier alpha value is -2.90. The van der Waals surface area contributed by atoms with Crippen molar-refractivity contribution >= 4 is 34.9 Å². The standard InChI is InChI=1S/C30H30Cl2N2O4/c1-19(33-29(36)28(35)22-6-4-20(5-7-22)21-8-11-24(31)12-9-21)30(37,34-16-2-3-17-34)23-10-15-27(26(32)18-23)38-25-13-14-25/h4-12,15,18-19,25,37H,2-3,13-14,16-17H2,1H3,(H,33,36)/t19-,30+/m1/s1. The molecule has 0 spiro atoms. The van der Waals surface area contributed by atoms with Gasteiger partial charge in [-0.1, -0.05) is 65.7 Å². The minimum absolute atomic E-state index is 0.195. The molecule has 2 N–H and O–H groups in total. The van der Waals surface area contributed by atoms with Gasteiger partial charge in [0.25, 0.3) is 5.91 Å². The largest absolute Gasteiger partial charge is 0.489 e. The van der Waals surface area contributed by atoms with Crippen molar-refractivity contribution in [1.82, 2.24) is 10.2 Å². The smallest absolute Gasteiger partial charge is 0.292 e. The summed E-state index contributed by atoms with van der Waals surface area (Å²) in [6, 6.07) is 18.7. The first-order valence-corrected chi connectivity index (χ1v) is 13.7. The Morgan fingerprint density at radius 1 is 0.974 bits per heavy atom. The van der Waals surface area contributed by atoms with Crippen LogP contribution in [0.3, 0.4) is 0 Å². The monoisotopic (exact) mass is 552 g/mol. The summed E-state index contributed by atoms with van der Waals surface area (Å²) in [7, 11) is 0. The lowest BCUT2D eigenvalue weighted by atomic mass is 9.93. The summed E-state index contributed by atoms with van der Waals surface area (Å²) in [5.41, 5.74) is 1.12. The van der Waals surface area contributed by atoms with Crippen LogP contribution in [0.4, 0.5) is 0 Å². The van der Waals surface area contributed by atoms with E-state index in [4.69, 9.17) is 27.9 Å². The molecule has 2 aliphatic rings. The van der Waals surface area contributed by atoms with Gasteiger partial charge < -0.3 is 15.2 Å². The highest BCUT2D eigenvalue weighted by molar-refractivity contribution is 6.42. The average Bonchev–Trinajstić information content (AvgIpc) is 3.57. The first-order valence-electron chi connectivity index (χ1n) is 12.9. The molecule has 3 aromatic rings. The third-order valence-electron chi connectivity index (χ3n) is 7.25. The highest BCUT2D eigenvalue weighted by Gasteiger charge is 2.44. The van der Waals surface area contributed by atoms with Crippen molar-refractivity contribution in [3.63, 3.8) is 0 Å². The third-order valence-corrected chi connectivity index (χ3v) is 7.79. The van der Waals surface area contributed by atoms with Crippen molar-refractivity contribution in [2.24, 2.45) is 0 Å². The molecule has 1 aliphatic heterocycles. The minimum atomic E-state index is -1.55. The van der Waals surface area contributed by atoms with Crippen molar-refractivity contribution in [2.45, 2.75) is 50.5 Å². The number of rotatable bonds is 9. The van der Waals surface area contributed by atoms with E-state index in [1.807, 2.05) is 17.0 Å². The van der Waals surface area contributed by atoms with Crippen LogP contribution >= 0.6 is 23.2 Å². The number of aliphatic hydroxyl groups is 1. The molecule has 2 fully saturated rings. The third kappa shape index (κ3) is 5.59. The van der Waals surface area contributed by atoms with Crippen LogP contribution in [-0.4, -0.2) is 46.9 Å². The topological polar surface area (TPSA) is 78.9 Å². The van der Waals surface area contributed by atoms with Gasteiger partial charge in [-0.3, -0.25) is 14.5 Å². The molecule has 0 unspecified atom stereocenters. The first-order chi connectivity index (χ1) is 18.3. The van der Waals surface area contributed by atoms with Crippen LogP contribution in [0.15, 0.2) is 66.7 Å². The highest BCUT2D eigenvalue weighted by atomic mass is 35.5. The normalized spacial score (nSPS) is 18.0. The molecule has 6 nitrogen and oxygen atoms in total. The van der Waals surface area contributed by atoms with E-state index in [0.29, 0.717) is 34.4 Å². The lowest BCUT2D eigenvalue weighted by molar-refractivity contribution is -0.139. The zero-order valence-corrected chi connectivity index (χ0v) is 22.6. The molecule has 5 rings (SSSR count). The molecule has 3 aromatic carbocycles. The molecule has 1 amide bonds. The maximum atomic E-state index is 13.0. The second-order valence-corrected chi connectivity index (χ2v) is 10.8. The summed E-state index contributed by atoms with van der Waals surface area (Å²) >= 11 is 12.5. The van der Waals surface area contributed by atoms with E-state index in [1.165, 1.54) is 0 Å². The molecule has 0 bridgehead atoms. The molecular weight excluding hydrogens is 523 g/mol. The van der Waals surface area contributed by atoms with Crippen molar-refractivity contribution < 1.29 is 19.4 Å². The van der Waals surface area contributed by atoms with Gasteiger partial charge in [0.05, 0.1) is 17.2 Å². The number of nitrogens with one attached hydrogen (secondary N) is 1. The Labute approximate surface area is 232 Å². The van der Waals surface area contributed by atoms with Gasteiger partial charge in [0.1, 0.15) is 5.75 Å². The zero-order chi connectivity index (χ0) is 26.9. The molecule has 1 aliphatic carbocycles. The van der Waals surface area contributed by atoms with Crippen molar-refractivity contribution in [2.75, 3.05) is 13.1 Å². The fourth-order valence-electron chi connectivity index (χ4n) is 4.91. The molecule has 0 radical (unpaired) electrons. The number of ketones is 1. The fraction of sp³-hybridized carbons (Fsp3) is 0.333. The fourth-order valence-corrected chi connectivity index (χ4v) is 5.26. The summed E-state index contributed by atoms with van der Waals surface area (Å²) < 4.78 is 5.85. The maximum absolute atomic E-state index is 13.0. The quantitative estimate of drug-likeness (QED) is 0.258. The lowest BCUT2D eigenvalue weighted by Gasteiger charge is -2.42. The van der Waals surface area contributed by atoms with Gasteiger partial charge in [0.15, 0.2) is 5.72 Å². The van der Waals surface area contributed by atoms with Gasteiger partial charge in [-0.05, 0) is 68.0 Å². The van der Waals surface area contributed by atoms with Crippen molar-refractivity contribution in [1.29, 1.82) is 0 Å². The summed E-state index contributed by atoms with van der Waals surface area (Å²) in [5, 5.41) is 15.8. The SMILES string of the molecule is C[C@@H](NC(=O)C(=O)c1ccc(-c2ccc(Cl)cc2)cc1)[C@](O)(c1ccc(OC2CC2)c(Cl)c1)N1CCCC1. The average molecular weight is 553 g/mol. The summed E-state index contributed by atoms with van der Waals surface area (Å²) in [4.78, 5) is 28.0. The van der Waals surface area contributed by atoms with Gasteiger partial charge in [-0.2, -0.15) is 0 Å². The summed E-state index contributed by atoms with van der Waals surface area (Å²) in [6.07, 6.45) is 4.07. The molecular formula is C30H30Cl2N2O4. The Balaban J connectivity index is 1.33. The number of amides is 1. The molecule has 1 heterocycles. The predicted molar refractivity (Wildman–Crippen MR) is 149 cm³/mol. The van der Waals surface area contributed by atoms with E-state index in [2.05, 4.69) is 5.32 Å². The number of halogens is 2. The van der Waals surface area contributed by atoms with E-state index in [9.17, 15) is 14.7 Å². The van der Waals surface area contributed by atoms with Gasteiger partial charge in [-0.15, -0.1) is 0 Å². The van der Waals surface area contributed by atoms with Gasteiger partial charge in [0, 0.05) is 29.2 Å². The number of likely N-dealkylation sites (tertiary alicyclic amines) is 1. The second-order valence-electron chi connectivity index (χ2n) is 9.99. The van der Waals surface area contributed by atoms with Gasteiger partial charge in [-0.25, -0.2) is 0 Å². The number of hydrogen-bond acceptors (Lipinski definition) is 5. The van der Waals surface area contributed by atoms with E-state index in [0.717, 1.165) is 36.8 Å². The maximum Gasteiger partial charge on any atom is 0.292 e.